The van der Waals surface area contributed by atoms with Crippen molar-refractivity contribution < 1.29 is 22.0 Å². The number of fused-ring (bicyclic) bond motifs is 5. The van der Waals surface area contributed by atoms with E-state index in [0.717, 1.165) is 24.1 Å². The lowest BCUT2D eigenvalue weighted by Gasteiger charge is -2.37. The summed E-state index contributed by atoms with van der Waals surface area (Å²) in [6, 6.07) is 10.8. The lowest BCUT2D eigenvalue weighted by molar-refractivity contribution is 0.0763. The van der Waals surface area contributed by atoms with Gasteiger partial charge < -0.3 is 4.90 Å². The van der Waals surface area contributed by atoms with Crippen LogP contribution in [0, 0.1) is 17.0 Å². The Balaban J connectivity index is 1.42. The average Bonchev–Trinajstić information content (AvgIpc) is 3.24. The summed E-state index contributed by atoms with van der Waals surface area (Å²) in [6.07, 6.45) is 1.60. The van der Waals surface area contributed by atoms with Crippen LogP contribution in [0.1, 0.15) is 60.0 Å². The molecule has 0 unspecified atom stereocenters. The first-order valence-electron chi connectivity index (χ1n) is 12.3. The molecule has 3 aromatic rings. The average molecular weight is 525 g/mol. The molecule has 1 saturated carbocycles. The molecular formula is C27H26F2N4O3S. The molecule has 1 amide bonds. The Hall–Kier alpha value is -3.27. The van der Waals surface area contributed by atoms with Crippen LogP contribution >= 0.6 is 0 Å². The van der Waals surface area contributed by atoms with Crippen LogP contribution in [0.3, 0.4) is 0 Å². The number of pyridine rings is 1. The van der Waals surface area contributed by atoms with Gasteiger partial charge in [0.05, 0.1) is 39.6 Å². The van der Waals surface area contributed by atoms with Crippen molar-refractivity contribution in [2.75, 3.05) is 24.6 Å². The highest BCUT2D eigenvalue weighted by Crippen LogP contribution is 2.69. The third kappa shape index (κ3) is 3.44. The van der Waals surface area contributed by atoms with Gasteiger partial charge in [-0.15, -0.1) is 5.10 Å². The Kier molecular flexibility index (Phi) is 5.28. The molecule has 10 heteroatoms. The van der Waals surface area contributed by atoms with E-state index < -0.39 is 26.9 Å². The second-order valence-corrected chi connectivity index (χ2v) is 13.0. The minimum absolute atomic E-state index is 0.0506. The summed E-state index contributed by atoms with van der Waals surface area (Å²) < 4.78 is 52.6. The number of benzene rings is 1. The normalized spacial score (nSPS) is 25.2. The van der Waals surface area contributed by atoms with Crippen molar-refractivity contribution in [3.63, 3.8) is 0 Å². The first kappa shape index (κ1) is 24.1. The first-order valence-corrected chi connectivity index (χ1v) is 14.2. The zero-order chi connectivity index (χ0) is 26.2. The van der Waals surface area contributed by atoms with Crippen LogP contribution in [0.15, 0.2) is 42.5 Å². The first-order chi connectivity index (χ1) is 17.5. The van der Waals surface area contributed by atoms with Gasteiger partial charge in [-0.05, 0) is 60.1 Å². The largest absolute Gasteiger partial charge is 0.335 e. The molecule has 2 atom stereocenters. The number of halogens is 2. The van der Waals surface area contributed by atoms with Gasteiger partial charge in [0.1, 0.15) is 17.3 Å². The molecule has 0 radical (unpaired) electrons. The molecule has 1 aliphatic heterocycles. The van der Waals surface area contributed by atoms with Crippen LogP contribution in [-0.2, 0) is 15.3 Å². The third-order valence-corrected chi connectivity index (χ3v) is 10.2. The van der Waals surface area contributed by atoms with Gasteiger partial charge in [-0.1, -0.05) is 26.0 Å². The Morgan fingerprint density at radius 1 is 1.03 bits per heavy atom. The van der Waals surface area contributed by atoms with E-state index in [2.05, 4.69) is 24.0 Å². The molecule has 192 valence electrons. The van der Waals surface area contributed by atoms with Crippen LogP contribution in [0.25, 0.3) is 11.3 Å². The molecule has 1 aromatic carbocycles. The number of aromatic nitrogens is 3. The topological polar surface area (TPSA) is 93.1 Å². The maximum atomic E-state index is 14.5. The highest BCUT2D eigenvalue weighted by molar-refractivity contribution is 7.91. The van der Waals surface area contributed by atoms with E-state index in [0.29, 0.717) is 5.69 Å². The fraction of sp³-hybridized carbons (Fsp3) is 0.407. The SMILES string of the molecule is CC1(C)[C@H]2CC[C@]1(c1cccc(C(=O)N3CCS(=O)(=O)CC3)n1)c1nnc(-c3c(F)cccc3F)cc12. The predicted octanol–water partition coefficient (Wildman–Crippen LogP) is 3.89. The van der Waals surface area contributed by atoms with Gasteiger partial charge in [0.25, 0.3) is 5.91 Å². The van der Waals surface area contributed by atoms with Gasteiger partial charge in [0.15, 0.2) is 9.84 Å². The minimum Gasteiger partial charge on any atom is -0.335 e. The highest BCUT2D eigenvalue weighted by Gasteiger charge is 2.65. The van der Waals surface area contributed by atoms with E-state index in [9.17, 15) is 22.0 Å². The Morgan fingerprint density at radius 3 is 2.41 bits per heavy atom. The summed E-state index contributed by atoms with van der Waals surface area (Å²) >= 11 is 0. The van der Waals surface area contributed by atoms with Crippen LogP contribution < -0.4 is 0 Å². The molecule has 2 fully saturated rings. The summed E-state index contributed by atoms with van der Waals surface area (Å²) in [5.74, 6) is -1.69. The molecule has 2 bridgehead atoms. The molecule has 37 heavy (non-hydrogen) atoms. The zero-order valence-electron chi connectivity index (χ0n) is 20.5. The number of carbonyl (C=O) groups excluding carboxylic acids is 1. The molecule has 2 aliphatic carbocycles. The van der Waals surface area contributed by atoms with E-state index in [1.165, 1.54) is 23.1 Å². The Morgan fingerprint density at radius 2 is 1.70 bits per heavy atom. The van der Waals surface area contributed by atoms with E-state index in [4.69, 9.17) is 4.98 Å². The summed E-state index contributed by atoms with van der Waals surface area (Å²) in [6.45, 7) is 4.58. The van der Waals surface area contributed by atoms with Crippen molar-refractivity contribution >= 4 is 15.7 Å². The summed E-state index contributed by atoms with van der Waals surface area (Å²) in [5.41, 5.74) is 1.62. The number of sulfone groups is 1. The number of hydrogen-bond acceptors (Lipinski definition) is 6. The fourth-order valence-corrected chi connectivity index (χ4v) is 7.83. The van der Waals surface area contributed by atoms with E-state index in [1.807, 2.05) is 6.07 Å². The van der Waals surface area contributed by atoms with Gasteiger partial charge >= 0.3 is 0 Å². The lowest BCUT2D eigenvalue weighted by atomic mass is 9.66. The quantitative estimate of drug-likeness (QED) is 0.516. The number of carbonyl (C=O) groups is 1. The Labute approximate surface area is 213 Å². The second kappa shape index (κ2) is 8.11. The molecule has 1 saturated heterocycles. The molecule has 0 N–H and O–H groups in total. The van der Waals surface area contributed by atoms with Crippen molar-refractivity contribution in [2.45, 2.75) is 38.0 Å². The van der Waals surface area contributed by atoms with E-state index in [1.54, 1.807) is 18.2 Å². The molecule has 6 rings (SSSR count). The summed E-state index contributed by atoms with van der Waals surface area (Å²) in [7, 11) is -3.12. The summed E-state index contributed by atoms with van der Waals surface area (Å²) in [4.78, 5) is 19.6. The van der Waals surface area contributed by atoms with Crippen molar-refractivity contribution in [1.82, 2.24) is 20.1 Å². The third-order valence-electron chi connectivity index (χ3n) is 8.64. The number of amides is 1. The maximum Gasteiger partial charge on any atom is 0.272 e. The maximum absolute atomic E-state index is 14.5. The standard InChI is InChI=1S/C27H26F2N4O3S/c1-26(2)17-9-10-27(26,24-16(17)15-21(31-32-24)23-18(28)5-3-6-19(23)29)22-8-4-7-20(30-22)25(34)33-11-13-37(35,36)14-12-33/h3-8,15,17H,9-14H2,1-2H3/t17-,27-/m0/s1. The van der Waals surface area contributed by atoms with Gasteiger partial charge in [-0.2, -0.15) is 5.10 Å². The monoisotopic (exact) mass is 524 g/mol. The fourth-order valence-electron chi connectivity index (χ4n) is 6.63. The van der Waals surface area contributed by atoms with Crippen LogP contribution in [0.5, 0.6) is 0 Å². The van der Waals surface area contributed by atoms with Crippen molar-refractivity contribution in [3.05, 3.63) is 76.7 Å². The highest BCUT2D eigenvalue weighted by atomic mass is 32.2. The van der Waals surface area contributed by atoms with Gasteiger partial charge in [0, 0.05) is 13.1 Å². The number of rotatable bonds is 3. The van der Waals surface area contributed by atoms with Crippen molar-refractivity contribution in [3.8, 4) is 11.3 Å². The van der Waals surface area contributed by atoms with Gasteiger partial charge in [-0.3, -0.25) is 4.79 Å². The molecule has 3 heterocycles. The van der Waals surface area contributed by atoms with Gasteiger partial charge in [0.2, 0.25) is 0 Å². The number of nitrogens with zero attached hydrogens (tertiary/aromatic N) is 4. The molecule has 2 aromatic heterocycles. The summed E-state index contributed by atoms with van der Waals surface area (Å²) in [5, 5.41) is 8.79. The van der Waals surface area contributed by atoms with Crippen LogP contribution in [0.4, 0.5) is 8.78 Å². The molecule has 0 spiro atoms. The smallest absolute Gasteiger partial charge is 0.272 e. The lowest BCUT2D eigenvalue weighted by Crippen LogP contribution is -2.44. The van der Waals surface area contributed by atoms with Crippen molar-refractivity contribution in [2.24, 2.45) is 5.41 Å². The van der Waals surface area contributed by atoms with Gasteiger partial charge in [-0.25, -0.2) is 22.2 Å². The number of hydrogen-bond donors (Lipinski definition) is 0. The minimum atomic E-state index is -3.12. The van der Waals surface area contributed by atoms with Crippen LogP contribution in [0.2, 0.25) is 0 Å². The van der Waals surface area contributed by atoms with Crippen LogP contribution in [-0.4, -0.2) is 59.0 Å². The van der Waals surface area contributed by atoms with E-state index >= 15 is 0 Å². The molecule has 7 nitrogen and oxygen atoms in total. The van der Waals surface area contributed by atoms with E-state index in [-0.39, 0.29) is 58.8 Å². The zero-order valence-corrected chi connectivity index (χ0v) is 21.4. The molecular weight excluding hydrogens is 498 g/mol. The molecule has 3 aliphatic rings. The van der Waals surface area contributed by atoms with Crippen molar-refractivity contribution in [1.29, 1.82) is 0 Å². The second-order valence-electron chi connectivity index (χ2n) is 10.7. The predicted molar refractivity (Wildman–Crippen MR) is 133 cm³/mol. The Bertz CT molecular complexity index is 1520.